The second kappa shape index (κ2) is 3.51. The van der Waals surface area contributed by atoms with Crippen molar-refractivity contribution in [2.75, 3.05) is 0 Å². The molecule has 0 atom stereocenters. The van der Waals surface area contributed by atoms with Crippen LogP contribution in [0.3, 0.4) is 0 Å². The lowest BCUT2D eigenvalue weighted by molar-refractivity contribution is -0.571. The number of ether oxygens (including phenoxy) is 1. The molecule has 136 valence electrons. The molecule has 1 amide bonds. The minimum absolute atomic E-state index is 0.0546. The van der Waals surface area contributed by atoms with Gasteiger partial charge in [-0.15, -0.1) is 0 Å². The smallest absolute Gasteiger partial charge is 0.444 e. The number of carbonyl (C=O) groups is 1. The topological polar surface area (TPSA) is 56.8 Å². The van der Waals surface area contributed by atoms with Crippen molar-refractivity contribution in [2.45, 2.75) is 76.1 Å². The van der Waals surface area contributed by atoms with Gasteiger partial charge in [-0.25, -0.2) is 4.79 Å². The van der Waals surface area contributed by atoms with Crippen LogP contribution in [0.5, 0.6) is 0 Å². The molecular formula is C19H28BNO4. The van der Waals surface area contributed by atoms with Crippen LogP contribution < -0.4 is 5.32 Å². The van der Waals surface area contributed by atoms with Crippen molar-refractivity contribution in [2.24, 2.45) is 35.5 Å². The van der Waals surface area contributed by atoms with Crippen molar-refractivity contribution in [1.29, 1.82) is 0 Å². The van der Waals surface area contributed by atoms with Gasteiger partial charge < -0.3 is 19.4 Å². The Morgan fingerprint density at radius 1 is 0.920 bits per heavy atom. The molecule has 7 rings (SSSR count). The van der Waals surface area contributed by atoms with Crippen LogP contribution in [0.4, 0.5) is 4.79 Å². The molecular weight excluding hydrogens is 317 g/mol. The van der Waals surface area contributed by atoms with Gasteiger partial charge in [-0.1, -0.05) is 0 Å². The highest BCUT2D eigenvalue weighted by Crippen LogP contribution is 3.10. The lowest BCUT2D eigenvalue weighted by atomic mass is 8.90. The molecule has 0 aromatic rings. The molecule has 5 nitrogen and oxygen atoms in total. The third-order valence-electron chi connectivity index (χ3n) is 9.09. The van der Waals surface area contributed by atoms with Gasteiger partial charge in [0.15, 0.2) is 0 Å². The normalized spacial score (nSPS) is 56.5. The number of amides is 1. The van der Waals surface area contributed by atoms with Crippen molar-refractivity contribution < 1.29 is 18.8 Å². The second-order valence-corrected chi connectivity index (χ2v) is 11.3. The van der Waals surface area contributed by atoms with E-state index in [1.54, 1.807) is 0 Å². The van der Waals surface area contributed by atoms with Crippen LogP contribution in [0, 0.1) is 35.5 Å². The number of nitrogens with one attached hydrogen (secondary N) is 1. The summed E-state index contributed by atoms with van der Waals surface area (Å²) >= 11 is 0. The third kappa shape index (κ3) is 1.18. The molecule has 0 spiro atoms. The molecule has 7 aliphatic rings. The van der Waals surface area contributed by atoms with E-state index in [0.717, 1.165) is 0 Å². The van der Waals surface area contributed by atoms with Crippen molar-refractivity contribution in [3.63, 3.8) is 0 Å². The number of hydrogen-bond donors (Lipinski definition) is 1. The molecule has 0 unspecified atom stereocenters. The zero-order chi connectivity index (χ0) is 17.9. The third-order valence-corrected chi connectivity index (χ3v) is 9.09. The monoisotopic (exact) mass is 345 g/mol. The summed E-state index contributed by atoms with van der Waals surface area (Å²) in [7, 11) is -0.0546. The molecule has 0 radical (unpaired) electrons. The number of rotatable bonds is 2. The highest BCUT2D eigenvalue weighted by molar-refractivity contribution is 6.52. The molecule has 1 saturated heterocycles. The summed E-state index contributed by atoms with van der Waals surface area (Å²) in [5, 5.41) is 3.53. The van der Waals surface area contributed by atoms with E-state index in [-0.39, 0.29) is 35.3 Å². The quantitative estimate of drug-likeness (QED) is 0.782. The molecule has 0 aromatic carbocycles. The van der Waals surface area contributed by atoms with Gasteiger partial charge in [0.1, 0.15) is 5.60 Å². The number of carbonyl (C=O) groups excluding carboxylic acids is 1. The average Bonchev–Trinajstić information content (AvgIpc) is 2.65. The summed E-state index contributed by atoms with van der Waals surface area (Å²) in [6, 6.07) is 0. The van der Waals surface area contributed by atoms with E-state index in [2.05, 4.69) is 33.0 Å². The predicted octanol–water partition coefficient (Wildman–Crippen LogP) is 2.85. The maximum atomic E-state index is 12.3. The van der Waals surface area contributed by atoms with E-state index in [1.807, 2.05) is 20.8 Å². The van der Waals surface area contributed by atoms with E-state index >= 15 is 0 Å². The van der Waals surface area contributed by atoms with Gasteiger partial charge in [0.25, 0.3) is 0 Å². The number of alkyl carbamates (subject to hydrolysis) is 1. The fourth-order valence-corrected chi connectivity index (χ4v) is 7.86. The minimum Gasteiger partial charge on any atom is -0.444 e. The SMILES string of the molecule is CC(C)(C)OC(=O)NC12C3C4C1C1C2C3C41B1OC(C)(C)C(C)(C)O1. The van der Waals surface area contributed by atoms with Crippen LogP contribution in [0.1, 0.15) is 48.5 Å². The van der Waals surface area contributed by atoms with Crippen LogP contribution in [0.2, 0.25) is 5.31 Å². The fraction of sp³-hybridized carbons (Fsp3) is 0.947. The van der Waals surface area contributed by atoms with Gasteiger partial charge in [-0.2, -0.15) is 0 Å². The Balaban J connectivity index is 1.19. The van der Waals surface area contributed by atoms with E-state index in [4.69, 9.17) is 14.0 Å². The van der Waals surface area contributed by atoms with E-state index < -0.39 is 5.60 Å². The molecule has 1 N–H and O–H groups in total. The van der Waals surface area contributed by atoms with Gasteiger partial charge in [0, 0.05) is 5.31 Å². The van der Waals surface area contributed by atoms with Crippen LogP contribution in [0.25, 0.3) is 0 Å². The standard InChI is InChI=1S/C19H28BNO4/c1-15(2,3)23-14(22)21-19-11-8-12(19)10-13(19)9(11)18(8,10)20-24-16(4,5)17(6,7)25-20/h8-13H,1-7H3,(H,21,22). The van der Waals surface area contributed by atoms with Crippen LogP contribution in [-0.4, -0.2) is 35.6 Å². The first-order valence-corrected chi connectivity index (χ1v) is 9.76. The first-order chi connectivity index (χ1) is 11.4. The van der Waals surface area contributed by atoms with E-state index in [0.29, 0.717) is 35.5 Å². The highest BCUT2D eigenvalue weighted by Gasteiger charge is 3.12. The van der Waals surface area contributed by atoms with Crippen molar-refractivity contribution in [3.8, 4) is 0 Å². The van der Waals surface area contributed by atoms with Gasteiger partial charge >= 0.3 is 13.2 Å². The van der Waals surface area contributed by atoms with E-state index in [9.17, 15) is 4.79 Å². The first-order valence-electron chi connectivity index (χ1n) is 9.76. The Morgan fingerprint density at radius 2 is 1.36 bits per heavy atom. The summed E-state index contributed by atoms with van der Waals surface area (Å²) in [6.45, 7) is 14.3. The van der Waals surface area contributed by atoms with Crippen LogP contribution >= 0.6 is 0 Å². The minimum atomic E-state index is -0.438. The Kier molecular flexibility index (Phi) is 2.15. The lowest BCUT2D eigenvalue weighted by Gasteiger charge is -3.11. The predicted molar refractivity (Wildman–Crippen MR) is 91.8 cm³/mol. The molecule has 25 heavy (non-hydrogen) atoms. The average molecular weight is 345 g/mol. The van der Waals surface area contributed by atoms with Gasteiger partial charge in [0.05, 0.1) is 16.7 Å². The molecule has 7 fully saturated rings. The molecule has 0 bridgehead atoms. The zero-order valence-electron chi connectivity index (χ0n) is 16.2. The second-order valence-electron chi connectivity index (χ2n) is 11.3. The summed E-state index contributed by atoms with van der Waals surface area (Å²) in [4.78, 5) is 12.3. The molecule has 6 saturated carbocycles. The molecule has 1 heterocycles. The largest absolute Gasteiger partial charge is 0.465 e. The van der Waals surface area contributed by atoms with Crippen molar-refractivity contribution in [1.82, 2.24) is 5.32 Å². The highest BCUT2D eigenvalue weighted by atomic mass is 16.7. The maximum absolute atomic E-state index is 12.3. The van der Waals surface area contributed by atoms with E-state index in [1.165, 1.54) is 0 Å². The van der Waals surface area contributed by atoms with Crippen molar-refractivity contribution >= 4 is 13.2 Å². The Morgan fingerprint density at radius 3 is 1.76 bits per heavy atom. The summed E-state index contributed by atoms with van der Waals surface area (Å²) in [5.41, 5.74) is -0.876. The van der Waals surface area contributed by atoms with Gasteiger partial charge in [-0.3, -0.25) is 0 Å². The van der Waals surface area contributed by atoms with Crippen molar-refractivity contribution in [3.05, 3.63) is 0 Å². The zero-order valence-corrected chi connectivity index (χ0v) is 16.2. The summed E-state index contributed by atoms with van der Waals surface area (Å²) < 4.78 is 18.3. The molecule has 6 aliphatic carbocycles. The summed E-state index contributed by atoms with van der Waals surface area (Å²) in [6.07, 6.45) is -0.243. The molecule has 1 aliphatic heterocycles. The Bertz CT molecular complexity index is 654. The van der Waals surface area contributed by atoms with Crippen LogP contribution in [-0.2, 0) is 14.0 Å². The summed E-state index contributed by atoms with van der Waals surface area (Å²) in [5.74, 6) is 3.99. The Labute approximate surface area is 149 Å². The van der Waals surface area contributed by atoms with Crippen LogP contribution in [0.15, 0.2) is 0 Å². The Hall–Kier alpha value is -0.745. The molecule has 6 heteroatoms. The lowest BCUT2D eigenvalue weighted by Crippen LogP contribution is -3.14. The maximum Gasteiger partial charge on any atom is 0.465 e. The van der Waals surface area contributed by atoms with Gasteiger partial charge in [0.2, 0.25) is 0 Å². The fourth-order valence-electron chi connectivity index (χ4n) is 7.86. The molecule has 0 aromatic heterocycles. The first kappa shape index (κ1) is 15.3. The number of hydrogen-bond acceptors (Lipinski definition) is 4. The van der Waals surface area contributed by atoms with Gasteiger partial charge in [-0.05, 0) is 84.0 Å².